The Balaban J connectivity index is 2.46. The lowest BCUT2D eigenvalue weighted by atomic mass is 9.83. The molecule has 1 aliphatic rings. The topological polar surface area (TPSA) is 85.9 Å². The van der Waals surface area contributed by atoms with E-state index in [-0.39, 0.29) is 11.3 Å². The average molecular weight is 469 g/mol. The maximum atomic E-state index is 14.6. The fraction of sp³-hybridized carbons (Fsp3) is 0.526. The Labute approximate surface area is 177 Å². The first-order chi connectivity index (χ1) is 14.4. The number of hydrogen-bond acceptors (Lipinski definition) is 5. The minimum absolute atomic E-state index is 0.0650. The van der Waals surface area contributed by atoms with Crippen LogP contribution in [0.3, 0.4) is 0 Å². The molecule has 0 saturated heterocycles. The predicted molar refractivity (Wildman–Crippen MR) is 95.9 cm³/mol. The molecule has 13 heteroatoms. The van der Waals surface area contributed by atoms with Crippen LogP contribution in [0.5, 0.6) is 5.75 Å². The summed E-state index contributed by atoms with van der Waals surface area (Å²) in [4.78, 5) is 12.5. The molecule has 0 spiro atoms. The SMILES string of the molecule is CC(C)(C)C1=NN(C(=O)COc2ccccc2C#N)[C@@](O)(C(F)(F)C(F)(F)C(F)(F)F)C1. The summed E-state index contributed by atoms with van der Waals surface area (Å²) in [6.07, 6.45) is -8.19. The number of carbonyl (C=O) groups excluding carboxylic acids is 1. The van der Waals surface area contributed by atoms with Crippen molar-refractivity contribution in [2.75, 3.05) is 6.61 Å². The Hall–Kier alpha value is -2.88. The molecule has 176 valence electrons. The minimum atomic E-state index is -6.73. The van der Waals surface area contributed by atoms with E-state index in [0.717, 1.165) is 0 Å². The third-order valence-electron chi connectivity index (χ3n) is 4.70. The van der Waals surface area contributed by atoms with Gasteiger partial charge in [0.1, 0.15) is 11.8 Å². The molecule has 0 bridgehead atoms. The smallest absolute Gasteiger partial charge is 0.460 e. The molecule has 1 aliphatic heterocycles. The number of aliphatic hydroxyl groups is 1. The predicted octanol–water partition coefficient (Wildman–Crippen LogP) is 4.09. The van der Waals surface area contributed by atoms with Gasteiger partial charge in [0.2, 0.25) is 5.72 Å². The van der Waals surface area contributed by atoms with Gasteiger partial charge in [-0.3, -0.25) is 4.79 Å². The zero-order valence-electron chi connectivity index (χ0n) is 17.0. The van der Waals surface area contributed by atoms with E-state index in [0.29, 0.717) is 0 Å². The van der Waals surface area contributed by atoms with E-state index in [9.17, 15) is 40.6 Å². The van der Waals surface area contributed by atoms with Crippen LogP contribution < -0.4 is 4.74 Å². The first-order valence-corrected chi connectivity index (χ1v) is 8.98. The summed E-state index contributed by atoms with van der Waals surface area (Å²) in [5.74, 6) is -14.7. The molecule has 6 nitrogen and oxygen atoms in total. The lowest BCUT2D eigenvalue weighted by Crippen LogP contribution is -2.69. The van der Waals surface area contributed by atoms with Crippen LogP contribution in [0.4, 0.5) is 30.7 Å². The van der Waals surface area contributed by atoms with Gasteiger partial charge in [0.25, 0.3) is 5.91 Å². The van der Waals surface area contributed by atoms with Gasteiger partial charge in [-0.1, -0.05) is 32.9 Å². The molecule has 1 atom stereocenters. The molecule has 0 saturated carbocycles. The molecule has 0 radical (unpaired) electrons. The number of amides is 1. The second kappa shape index (κ2) is 7.91. The molecule has 0 aromatic heterocycles. The number of halogens is 7. The fourth-order valence-electron chi connectivity index (χ4n) is 2.78. The van der Waals surface area contributed by atoms with Crippen molar-refractivity contribution in [1.82, 2.24) is 5.01 Å². The third kappa shape index (κ3) is 4.11. The van der Waals surface area contributed by atoms with E-state index in [4.69, 9.17) is 10.00 Å². The van der Waals surface area contributed by atoms with Gasteiger partial charge in [0.15, 0.2) is 6.61 Å². The number of para-hydroxylation sites is 1. The molecule has 1 amide bonds. The van der Waals surface area contributed by atoms with Crippen molar-refractivity contribution in [2.24, 2.45) is 10.5 Å². The Morgan fingerprint density at radius 3 is 2.25 bits per heavy atom. The largest absolute Gasteiger partial charge is 0.482 e. The minimum Gasteiger partial charge on any atom is -0.482 e. The first-order valence-electron chi connectivity index (χ1n) is 8.98. The van der Waals surface area contributed by atoms with Gasteiger partial charge in [0, 0.05) is 17.5 Å². The number of hydrazone groups is 1. The van der Waals surface area contributed by atoms with Crippen molar-refractivity contribution in [3.8, 4) is 11.8 Å². The Bertz CT molecular complexity index is 964. The van der Waals surface area contributed by atoms with Crippen LogP contribution in [0.1, 0.15) is 32.8 Å². The third-order valence-corrected chi connectivity index (χ3v) is 4.70. The number of ether oxygens (including phenoxy) is 1. The molecular weight excluding hydrogens is 451 g/mol. The zero-order chi connectivity index (χ0) is 24.8. The van der Waals surface area contributed by atoms with Crippen molar-refractivity contribution in [3.63, 3.8) is 0 Å². The van der Waals surface area contributed by atoms with E-state index in [1.807, 2.05) is 0 Å². The van der Waals surface area contributed by atoms with Gasteiger partial charge in [-0.2, -0.15) is 46.1 Å². The number of hydrogen-bond donors (Lipinski definition) is 1. The van der Waals surface area contributed by atoms with Crippen molar-refractivity contribution in [1.29, 1.82) is 5.26 Å². The average Bonchev–Trinajstić information content (AvgIpc) is 3.05. The van der Waals surface area contributed by atoms with Gasteiger partial charge in [-0.25, -0.2) is 0 Å². The highest BCUT2D eigenvalue weighted by atomic mass is 19.4. The van der Waals surface area contributed by atoms with Crippen molar-refractivity contribution in [2.45, 2.75) is 50.9 Å². The van der Waals surface area contributed by atoms with Gasteiger partial charge in [-0.05, 0) is 12.1 Å². The second-order valence-electron chi connectivity index (χ2n) is 8.04. The normalized spacial score (nSPS) is 20.1. The summed E-state index contributed by atoms with van der Waals surface area (Å²) in [5, 5.41) is 22.4. The quantitative estimate of drug-likeness (QED) is 0.659. The van der Waals surface area contributed by atoms with Crippen LogP contribution in [0, 0.1) is 16.7 Å². The molecular formula is C19H18F7N3O3. The summed E-state index contributed by atoms with van der Waals surface area (Å²) in [6, 6.07) is 7.10. The monoisotopic (exact) mass is 469 g/mol. The molecule has 32 heavy (non-hydrogen) atoms. The first kappa shape index (κ1) is 25.4. The molecule has 1 N–H and O–H groups in total. The van der Waals surface area contributed by atoms with Gasteiger partial charge in [0.05, 0.1) is 5.56 Å². The Morgan fingerprint density at radius 1 is 1.19 bits per heavy atom. The summed E-state index contributed by atoms with van der Waals surface area (Å²) < 4.78 is 99.8. The second-order valence-corrected chi connectivity index (χ2v) is 8.04. The maximum Gasteiger partial charge on any atom is 0.460 e. The van der Waals surface area contributed by atoms with Crippen LogP contribution in [0.25, 0.3) is 0 Å². The standard InChI is InChI=1S/C19H18F7N3O3/c1-15(2,3)13-8-16(31,17(20,21)18(22,23)19(24,25)26)29(28-13)14(30)10-32-12-7-5-4-6-11(12)9-27/h4-7,31H,8,10H2,1-3H3/t16-/m0/s1. The number of rotatable bonds is 5. The molecule has 0 aliphatic carbocycles. The van der Waals surface area contributed by atoms with E-state index in [1.165, 1.54) is 45.0 Å². The summed E-state index contributed by atoms with van der Waals surface area (Å²) in [6.45, 7) is 2.94. The zero-order valence-corrected chi connectivity index (χ0v) is 17.0. The summed E-state index contributed by atoms with van der Waals surface area (Å²) in [7, 11) is 0. The van der Waals surface area contributed by atoms with E-state index >= 15 is 0 Å². The molecule has 1 aromatic carbocycles. The molecule has 0 unspecified atom stereocenters. The van der Waals surface area contributed by atoms with Crippen molar-refractivity contribution >= 4 is 11.6 Å². The molecule has 1 heterocycles. The van der Waals surface area contributed by atoms with E-state index in [1.54, 1.807) is 6.07 Å². The lowest BCUT2D eigenvalue weighted by molar-refractivity contribution is -0.401. The number of benzene rings is 1. The van der Waals surface area contributed by atoms with Crippen LogP contribution in [0.2, 0.25) is 0 Å². The number of nitrogens with zero attached hydrogens (tertiary/aromatic N) is 3. The summed E-state index contributed by atoms with van der Waals surface area (Å²) >= 11 is 0. The van der Waals surface area contributed by atoms with Crippen LogP contribution in [-0.2, 0) is 4.79 Å². The van der Waals surface area contributed by atoms with Gasteiger partial charge >= 0.3 is 18.0 Å². The summed E-state index contributed by atoms with van der Waals surface area (Å²) in [5.41, 5.74) is -5.97. The maximum absolute atomic E-state index is 14.6. The molecule has 1 aromatic rings. The number of nitriles is 1. The highest BCUT2D eigenvalue weighted by molar-refractivity contribution is 5.94. The van der Waals surface area contributed by atoms with Crippen molar-refractivity contribution < 1.29 is 45.4 Å². The highest BCUT2D eigenvalue weighted by Crippen LogP contribution is 2.55. The van der Waals surface area contributed by atoms with Crippen LogP contribution in [0.15, 0.2) is 29.4 Å². The Morgan fingerprint density at radius 2 is 1.75 bits per heavy atom. The number of carbonyl (C=O) groups is 1. The fourth-order valence-corrected chi connectivity index (χ4v) is 2.78. The van der Waals surface area contributed by atoms with Crippen molar-refractivity contribution in [3.05, 3.63) is 29.8 Å². The van der Waals surface area contributed by atoms with Crippen LogP contribution in [-0.4, -0.2) is 52.1 Å². The highest BCUT2D eigenvalue weighted by Gasteiger charge is 2.82. The van der Waals surface area contributed by atoms with E-state index in [2.05, 4.69) is 5.10 Å². The Kier molecular flexibility index (Phi) is 6.28. The molecule has 0 fully saturated rings. The van der Waals surface area contributed by atoms with Crippen LogP contribution >= 0.6 is 0 Å². The molecule has 2 rings (SSSR count). The van der Waals surface area contributed by atoms with Gasteiger partial charge in [-0.15, -0.1) is 0 Å². The number of alkyl halides is 7. The van der Waals surface area contributed by atoms with Gasteiger partial charge < -0.3 is 9.84 Å². The lowest BCUT2D eigenvalue weighted by Gasteiger charge is -2.41. The van der Waals surface area contributed by atoms with E-state index < -0.39 is 58.8 Å².